The number of ether oxygens (including phenoxy) is 3. The van der Waals surface area contributed by atoms with Crippen LogP contribution in [-0.4, -0.2) is 44.4 Å². The third kappa shape index (κ3) is 3.48. The summed E-state index contributed by atoms with van der Waals surface area (Å²) in [7, 11) is 0. The van der Waals surface area contributed by atoms with Gasteiger partial charge in [-0.2, -0.15) is 9.97 Å². The summed E-state index contributed by atoms with van der Waals surface area (Å²) in [6, 6.07) is 0. The minimum atomic E-state index is -0.845. The number of esters is 1. The Morgan fingerprint density at radius 1 is 1.50 bits per heavy atom. The number of nitrogen functional groups attached to an aromatic ring is 1. The summed E-state index contributed by atoms with van der Waals surface area (Å²) in [5.41, 5.74) is 5.74. The van der Waals surface area contributed by atoms with Crippen molar-refractivity contribution in [1.82, 2.24) is 14.5 Å². The summed E-state index contributed by atoms with van der Waals surface area (Å²) >= 11 is 0.775. The van der Waals surface area contributed by atoms with E-state index in [9.17, 15) is 14.7 Å². The Labute approximate surface area is 151 Å². The molecule has 0 radical (unpaired) electrons. The highest BCUT2D eigenvalue weighted by atomic mass is 32.1. The second-order valence-corrected chi connectivity index (χ2v) is 6.80. The van der Waals surface area contributed by atoms with Crippen molar-refractivity contribution in [2.45, 2.75) is 38.7 Å². The van der Waals surface area contributed by atoms with E-state index in [1.165, 1.54) is 11.5 Å². The van der Waals surface area contributed by atoms with Crippen LogP contribution >= 0.6 is 11.3 Å². The van der Waals surface area contributed by atoms with Crippen LogP contribution in [0.3, 0.4) is 0 Å². The Morgan fingerprint density at radius 3 is 2.88 bits per heavy atom. The summed E-state index contributed by atoms with van der Waals surface area (Å²) in [6.45, 7) is 6.72. The molecule has 0 bridgehead atoms. The van der Waals surface area contributed by atoms with Gasteiger partial charge in [-0.25, -0.2) is 0 Å². The van der Waals surface area contributed by atoms with E-state index in [1.807, 2.05) is 0 Å². The average Bonchev–Trinajstić information content (AvgIpc) is 3.05. The first kappa shape index (κ1) is 18.1. The van der Waals surface area contributed by atoms with Crippen molar-refractivity contribution in [2.24, 2.45) is 0 Å². The van der Waals surface area contributed by atoms with E-state index in [0.29, 0.717) is 12.2 Å². The lowest BCUT2D eigenvalue weighted by Gasteiger charge is -2.21. The van der Waals surface area contributed by atoms with E-state index in [4.69, 9.17) is 19.9 Å². The predicted octanol–water partition coefficient (Wildman–Crippen LogP) is 0.910. The number of nitrogens with two attached hydrogens (primary N) is 1. The number of hydrogen-bond donors (Lipinski definition) is 2. The second kappa shape index (κ2) is 6.92. The molecular weight excluding hydrogens is 364 g/mol. The number of hydrogen-bond acceptors (Lipinski definition) is 10. The fourth-order valence-electron chi connectivity index (χ4n) is 2.77. The monoisotopic (exact) mass is 382 g/mol. The quantitative estimate of drug-likeness (QED) is 0.570. The smallest absolute Gasteiger partial charge is 0.311 e. The summed E-state index contributed by atoms with van der Waals surface area (Å²) < 4.78 is 18.0. The molecule has 0 aromatic carbocycles. The van der Waals surface area contributed by atoms with Crippen LogP contribution in [0.2, 0.25) is 0 Å². The van der Waals surface area contributed by atoms with Crippen LogP contribution in [0.5, 0.6) is 5.88 Å². The summed E-state index contributed by atoms with van der Waals surface area (Å²) in [6.07, 6.45) is -1.49. The number of carbonyl (C=O) groups is 1. The van der Waals surface area contributed by atoms with E-state index >= 15 is 0 Å². The Balaban J connectivity index is 2.00. The van der Waals surface area contributed by atoms with Crippen molar-refractivity contribution in [1.29, 1.82) is 0 Å². The van der Waals surface area contributed by atoms with Gasteiger partial charge >= 0.3 is 10.8 Å². The number of fused-ring (bicyclic) bond motifs is 1. The molecule has 3 heterocycles. The lowest BCUT2D eigenvalue weighted by Crippen LogP contribution is -2.28. The van der Waals surface area contributed by atoms with E-state index in [0.717, 1.165) is 11.3 Å². The fraction of sp³-hybridized carbons (Fsp3) is 0.467. The Hall–Kier alpha value is -2.66. The zero-order valence-electron chi connectivity index (χ0n) is 14.2. The molecule has 11 heteroatoms. The van der Waals surface area contributed by atoms with Crippen molar-refractivity contribution >= 4 is 33.6 Å². The molecule has 3 rings (SSSR count). The summed E-state index contributed by atoms with van der Waals surface area (Å²) in [5.74, 6) is -0.534. The number of aromatic hydroxyl groups is 1. The molecule has 0 saturated carbocycles. The molecule has 0 spiro atoms. The molecule has 1 fully saturated rings. The minimum Gasteiger partial charge on any atom is -0.492 e. The minimum absolute atomic E-state index is 0.0288. The standard InChI is InChI=1S/C15H18N4O6S/c1-6(2)24-9-4-8(5-23-7(3)20)25-13(9)19-11-10(26-15(19)22)12(21)18-14(16)17-11/h8-9,13H,1,4-5H2,2-3H3,(H3,16,17,18,21)/t8-,9+,13+/m0/s1. The molecule has 10 nitrogen and oxygen atoms in total. The van der Waals surface area contributed by atoms with Crippen molar-refractivity contribution in [3.8, 4) is 5.88 Å². The van der Waals surface area contributed by atoms with Crippen molar-refractivity contribution in [2.75, 3.05) is 12.3 Å². The molecule has 140 valence electrons. The maximum absolute atomic E-state index is 12.5. The van der Waals surface area contributed by atoms with Gasteiger partial charge in [0.15, 0.2) is 11.9 Å². The maximum atomic E-state index is 12.5. The van der Waals surface area contributed by atoms with Crippen LogP contribution in [0.15, 0.2) is 17.1 Å². The molecule has 1 aliphatic heterocycles. The van der Waals surface area contributed by atoms with Gasteiger partial charge in [0.2, 0.25) is 11.8 Å². The first-order valence-corrected chi connectivity index (χ1v) is 8.56. The third-order valence-corrected chi connectivity index (χ3v) is 4.63. The molecule has 0 unspecified atom stereocenters. The second-order valence-electron chi connectivity index (χ2n) is 5.84. The largest absolute Gasteiger partial charge is 0.492 e. The molecule has 26 heavy (non-hydrogen) atoms. The van der Waals surface area contributed by atoms with Crippen LogP contribution in [0.25, 0.3) is 10.3 Å². The molecule has 3 N–H and O–H groups in total. The Bertz CT molecular complexity index is 923. The summed E-state index contributed by atoms with van der Waals surface area (Å²) in [4.78, 5) is 30.8. The van der Waals surface area contributed by atoms with Gasteiger partial charge in [0.1, 0.15) is 17.4 Å². The molecule has 1 saturated heterocycles. The van der Waals surface area contributed by atoms with E-state index in [1.54, 1.807) is 6.92 Å². The average molecular weight is 382 g/mol. The highest BCUT2D eigenvalue weighted by molar-refractivity contribution is 7.16. The number of rotatable bonds is 5. The highest BCUT2D eigenvalue weighted by Crippen LogP contribution is 2.35. The normalized spacial score (nSPS) is 22.5. The first-order valence-electron chi connectivity index (χ1n) is 7.74. The molecule has 2 aromatic rings. The van der Waals surface area contributed by atoms with Crippen molar-refractivity contribution in [3.05, 3.63) is 22.0 Å². The lowest BCUT2D eigenvalue weighted by atomic mass is 10.2. The van der Waals surface area contributed by atoms with Gasteiger partial charge in [0, 0.05) is 13.3 Å². The number of allylic oxidation sites excluding steroid dienone is 1. The Morgan fingerprint density at radius 2 is 2.23 bits per heavy atom. The number of aromatic nitrogens is 3. The van der Waals surface area contributed by atoms with Gasteiger partial charge in [0.05, 0.1) is 11.9 Å². The SMILES string of the molecule is C=C(C)O[C@@H]1C[C@@H](COC(C)=O)O[C@H]1n1c(=O)sc2c(O)nc(N)nc21. The predicted molar refractivity (Wildman–Crippen MR) is 92.6 cm³/mol. The number of carbonyl (C=O) groups excluding carboxylic acids is 1. The van der Waals surface area contributed by atoms with Gasteiger partial charge in [-0.15, -0.1) is 0 Å². The van der Waals surface area contributed by atoms with Gasteiger partial charge in [-0.1, -0.05) is 17.9 Å². The third-order valence-electron chi connectivity index (χ3n) is 3.69. The molecule has 1 aliphatic rings. The van der Waals surface area contributed by atoms with Gasteiger partial charge in [-0.05, 0) is 6.92 Å². The molecular formula is C15H18N4O6S. The van der Waals surface area contributed by atoms with Crippen LogP contribution in [0.1, 0.15) is 26.5 Å². The zero-order chi connectivity index (χ0) is 19.0. The van der Waals surface area contributed by atoms with E-state index in [2.05, 4.69) is 16.5 Å². The number of anilines is 1. The highest BCUT2D eigenvalue weighted by Gasteiger charge is 2.41. The van der Waals surface area contributed by atoms with Gasteiger partial charge in [-0.3, -0.25) is 14.2 Å². The van der Waals surface area contributed by atoms with Crippen molar-refractivity contribution < 1.29 is 24.1 Å². The fourth-order valence-corrected chi connectivity index (χ4v) is 3.61. The summed E-state index contributed by atoms with van der Waals surface area (Å²) in [5, 5.41) is 9.92. The van der Waals surface area contributed by atoms with E-state index in [-0.39, 0.29) is 28.8 Å². The number of thiazole rings is 1. The molecule has 2 aromatic heterocycles. The maximum Gasteiger partial charge on any atom is 0.311 e. The van der Waals surface area contributed by atoms with Crippen molar-refractivity contribution in [3.63, 3.8) is 0 Å². The van der Waals surface area contributed by atoms with Gasteiger partial charge in [0.25, 0.3) is 0 Å². The zero-order valence-corrected chi connectivity index (χ0v) is 15.0. The number of nitrogens with zero attached hydrogens (tertiary/aromatic N) is 3. The molecule has 0 amide bonds. The van der Waals surface area contributed by atoms with Crippen LogP contribution in [0.4, 0.5) is 5.95 Å². The van der Waals surface area contributed by atoms with Crippen LogP contribution in [0, 0.1) is 0 Å². The van der Waals surface area contributed by atoms with Crippen LogP contribution < -0.4 is 10.6 Å². The Kier molecular flexibility index (Phi) is 4.83. The van der Waals surface area contributed by atoms with E-state index < -0.39 is 29.3 Å². The first-order chi connectivity index (χ1) is 12.3. The molecule has 3 atom stereocenters. The van der Waals surface area contributed by atoms with Crippen LogP contribution in [-0.2, 0) is 19.0 Å². The van der Waals surface area contributed by atoms with Gasteiger partial charge < -0.3 is 25.1 Å². The molecule has 0 aliphatic carbocycles. The lowest BCUT2D eigenvalue weighted by molar-refractivity contribution is -0.146. The topological polar surface area (TPSA) is 139 Å².